The molecule has 2 aromatic heterocycles. The van der Waals surface area contributed by atoms with Crippen molar-refractivity contribution in [1.29, 1.82) is 0 Å². The van der Waals surface area contributed by atoms with E-state index in [9.17, 15) is 23.4 Å². The summed E-state index contributed by atoms with van der Waals surface area (Å²) in [6.45, 7) is 4.94. The van der Waals surface area contributed by atoms with Crippen LogP contribution in [-0.2, 0) is 21.3 Å². The number of ether oxygens (including phenoxy) is 2. The first-order chi connectivity index (χ1) is 16.6. The van der Waals surface area contributed by atoms with Crippen LogP contribution in [0.3, 0.4) is 0 Å². The molecular weight excluding hydrogens is 461 g/mol. The van der Waals surface area contributed by atoms with Gasteiger partial charge in [0.2, 0.25) is 0 Å². The number of rotatable bonds is 2. The lowest BCUT2D eigenvalue weighted by atomic mass is 9.72. The third kappa shape index (κ3) is 3.46. The van der Waals surface area contributed by atoms with E-state index in [4.69, 9.17) is 14.5 Å². The Kier molecular flexibility index (Phi) is 5.14. The maximum Gasteiger partial charge on any atom is 0.433 e. The summed E-state index contributed by atoms with van der Waals surface area (Å²) in [7, 11) is 0. The van der Waals surface area contributed by atoms with Crippen LogP contribution in [0.1, 0.15) is 110 Å². The summed E-state index contributed by atoms with van der Waals surface area (Å²) >= 11 is 0. The first-order valence-electron chi connectivity index (χ1n) is 12.3. The van der Waals surface area contributed by atoms with Crippen molar-refractivity contribution in [1.82, 2.24) is 9.97 Å². The van der Waals surface area contributed by atoms with E-state index in [1.807, 2.05) is 13.8 Å². The molecule has 0 bridgehead atoms. The highest BCUT2D eigenvalue weighted by Crippen LogP contribution is 2.65. The zero-order chi connectivity index (χ0) is 24.8. The molecule has 1 saturated carbocycles. The smallest absolute Gasteiger partial charge is 0.388 e. The second-order valence-corrected chi connectivity index (χ2v) is 10.8. The zero-order valence-electron chi connectivity index (χ0n) is 19.7. The normalized spacial score (nSPS) is 28.4. The minimum absolute atomic E-state index is 0.0287. The van der Waals surface area contributed by atoms with Crippen LogP contribution in [-0.4, -0.2) is 33.4 Å². The van der Waals surface area contributed by atoms with Gasteiger partial charge in [0.15, 0.2) is 0 Å². The molecule has 0 aromatic carbocycles. The Bertz CT molecular complexity index is 1150. The van der Waals surface area contributed by atoms with Crippen LogP contribution in [0, 0.1) is 5.41 Å². The van der Waals surface area contributed by atoms with E-state index >= 15 is 0 Å². The number of hydrogen-bond acceptors (Lipinski definition) is 6. The van der Waals surface area contributed by atoms with Gasteiger partial charge < -0.3 is 19.7 Å². The summed E-state index contributed by atoms with van der Waals surface area (Å²) in [6.07, 6.45) is -2.24. The van der Waals surface area contributed by atoms with E-state index in [1.54, 1.807) is 0 Å². The Balaban J connectivity index is 1.58. The fourth-order valence-corrected chi connectivity index (χ4v) is 6.30. The van der Waals surface area contributed by atoms with Crippen molar-refractivity contribution >= 4 is 0 Å². The topological polar surface area (TPSA) is 84.7 Å². The molecule has 2 aliphatic carbocycles. The number of aliphatic hydroxyl groups excluding tert-OH is 2. The van der Waals surface area contributed by atoms with E-state index < -0.39 is 35.8 Å². The van der Waals surface area contributed by atoms with Gasteiger partial charge in [0.25, 0.3) is 0 Å². The van der Waals surface area contributed by atoms with Gasteiger partial charge in [-0.25, -0.2) is 0 Å². The molecule has 0 radical (unpaired) electrons. The second-order valence-electron chi connectivity index (χ2n) is 10.8. The predicted molar refractivity (Wildman–Crippen MR) is 118 cm³/mol. The molecular formula is C26H29F3N2O4. The molecule has 6 nitrogen and oxygen atoms in total. The van der Waals surface area contributed by atoms with Gasteiger partial charge in [0.1, 0.15) is 17.9 Å². The molecule has 2 aromatic rings. The molecule has 2 spiro atoms. The van der Waals surface area contributed by atoms with Crippen molar-refractivity contribution in [2.75, 3.05) is 13.2 Å². The Labute approximate surface area is 201 Å². The summed E-state index contributed by atoms with van der Waals surface area (Å²) in [6, 6.07) is 2.39. The number of halogens is 3. The number of alkyl halides is 3. The molecule has 188 valence electrons. The third-order valence-electron chi connectivity index (χ3n) is 8.28. The molecule has 2 fully saturated rings. The van der Waals surface area contributed by atoms with E-state index in [0.717, 1.165) is 35.7 Å². The number of aliphatic hydroxyl groups is 2. The summed E-state index contributed by atoms with van der Waals surface area (Å²) < 4.78 is 51.9. The Hall–Kier alpha value is -2.07. The van der Waals surface area contributed by atoms with Crippen LogP contribution in [0.5, 0.6) is 0 Å². The minimum Gasteiger partial charge on any atom is -0.388 e. The second kappa shape index (κ2) is 7.71. The molecule has 1 saturated heterocycles. The highest BCUT2D eigenvalue weighted by Gasteiger charge is 2.59. The fourth-order valence-electron chi connectivity index (χ4n) is 6.30. The van der Waals surface area contributed by atoms with Crippen LogP contribution in [0.2, 0.25) is 0 Å². The molecule has 6 rings (SSSR count). The summed E-state index contributed by atoms with van der Waals surface area (Å²) in [5.41, 5.74) is 2.02. The van der Waals surface area contributed by atoms with Crippen LogP contribution < -0.4 is 0 Å². The molecule has 35 heavy (non-hydrogen) atoms. The average molecular weight is 491 g/mol. The van der Waals surface area contributed by atoms with E-state index in [0.29, 0.717) is 49.3 Å². The first kappa shape index (κ1) is 23.3. The van der Waals surface area contributed by atoms with Gasteiger partial charge in [-0.1, -0.05) is 19.9 Å². The summed E-state index contributed by atoms with van der Waals surface area (Å²) in [5.74, 6) is -0.0287. The van der Waals surface area contributed by atoms with Gasteiger partial charge in [0.05, 0.1) is 17.4 Å². The van der Waals surface area contributed by atoms with E-state index in [1.165, 1.54) is 12.3 Å². The molecule has 9 heteroatoms. The quantitative estimate of drug-likeness (QED) is 0.617. The molecule has 4 aliphatic rings. The highest BCUT2D eigenvalue weighted by molar-refractivity contribution is 5.55. The van der Waals surface area contributed by atoms with Crippen LogP contribution >= 0.6 is 0 Å². The van der Waals surface area contributed by atoms with Crippen molar-refractivity contribution in [2.24, 2.45) is 5.41 Å². The van der Waals surface area contributed by atoms with Gasteiger partial charge >= 0.3 is 6.18 Å². The number of fused-ring (bicyclic) bond motifs is 4. The average Bonchev–Trinajstić information content (AvgIpc) is 3.53. The zero-order valence-corrected chi connectivity index (χ0v) is 19.7. The number of pyridine rings is 2. The van der Waals surface area contributed by atoms with Gasteiger partial charge in [-0.2, -0.15) is 13.2 Å². The van der Waals surface area contributed by atoms with Crippen molar-refractivity contribution in [3.63, 3.8) is 0 Å². The molecule has 4 heterocycles. The maximum atomic E-state index is 13.2. The molecule has 0 amide bonds. The third-order valence-corrected chi connectivity index (χ3v) is 8.28. The maximum absolute atomic E-state index is 13.2. The van der Waals surface area contributed by atoms with Gasteiger partial charge in [0, 0.05) is 60.1 Å². The fraction of sp³-hybridized carbons (Fsp3) is 0.615. The van der Waals surface area contributed by atoms with Crippen molar-refractivity contribution in [2.45, 2.75) is 82.0 Å². The largest absolute Gasteiger partial charge is 0.433 e. The van der Waals surface area contributed by atoms with Crippen molar-refractivity contribution < 1.29 is 32.9 Å². The molecule has 3 unspecified atom stereocenters. The minimum atomic E-state index is -4.53. The summed E-state index contributed by atoms with van der Waals surface area (Å²) in [5, 5.41) is 22.7. The Morgan fingerprint density at radius 3 is 2.34 bits per heavy atom. The van der Waals surface area contributed by atoms with Crippen LogP contribution in [0.15, 0.2) is 18.3 Å². The van der Waals surface area contributed by atoms with Gasteiger partial charge in [-0.3, -0.25) is 9.97 Å². The predicted octanol–water partition coefficient (Wildman–Crippen LogP) is 4.99. The monoisotopic (exact) mass is 490 g/mol. The molecule has 2 aliphatic heterocycles. The Morgan fingerprint density at radius 1 is 1.06 bits per heavy atom. The first-order valence-corrected chi connectivity index (χ1v) is 12.3. The number of aromatic nitrogens is 2. The lowest BCUT2D eigenvalue weighted by Gasteiger charge is -2.40. The van der Waals surface area contributed by atoms with Gasteiger partial charge in [-0.15, -0.1) is 0 Å². The van der Waals surface area contributed by atoms with Crippen LogP contribution in [0.4, 0.5) is 13.2 Å². The van der Waals surface area contributed by atoms with E-state index in [-0.39, 0.29) is 11.3 Å². The van der Waals surface area contributed by atoms with Crippen molar-refractivity contribution in [3.8, 4) is 0 Å². The van der Waals surface area contributed by atoms with Crippen molar-refractivity contribution in [3.05, 3.63) is 57.7 Å². The molecule has 3 atom stereocenters. The summed E-state index contributed by atoms with van der Waals surface area (Å²) in [4.78, 5) is 8.62. The van der Waals surface area contributed by atoms with Crippen LogP contribution in [0.25, 0.3) is 0 Å². The number of hydrogen-bond donors (Lipinski definition) is 2. The lowest BCUT2D eigenvalue weighted by Crippen LogP contribution is -2.37. The van der Waals surface area contributed by atoms with E-state index in [2.05, 4.69) is 4.98 Å². The standard InChI is InChI=1S/C26H29F3N2O4/c1-13(2)20-18-19(17-15(32)11-24(5-6-24)23(33)21(17)31-20)25(7-9-34-10-8-25)35-22(18)14-3-4-16(30-12-14)26(27,28)29/h3-4,12-13,15,22-23,32-33H,5-11H2,1-2H3. The lowest BCUT2D eigenvalue weighted by molar-refractivity contribution is -0.141. The van der Waals surface area contributed by atoms with Gasteiger partial charge in [-0.05, 0) is 36.8 Å². The SMILES string of the molecule is CC(C)c1nc2c(c3c1C(c1ccc(C(F)(F)F)nc1)OC31CCOCC1)C(O)CC1(CC1)C2O. The Morgan fingerprint density at radius 2 is 1.77 bits per heavy atom. The number of nitrogens with zero attached hydrogens (tertiary/aromatic N) is 2. The highest BCUT2D eigenvalue weighted by atomic mass is 19.4. The molecule has 2 N–H and O–H groups in total.